The largest absolute Gasteiger partial charge is 0.481 e. The summed E-state index contributed by atoms with van der Waals surface area (Å²) in [6.45, 7) is 0.512. The molecule has 0 aromatic carbocycles. The number of rotatable bonds is 3. The van der Waals surface area contributed by atoms with Crippen LogP contribution in [-0.2, 0) is 14.8 Å². The van der Waals surface area contributed by atoms with Gasteiger partial charge in [-0.15, -0.1) is 11.6 Å². The summed E-state index contributed by atoms with van der Waals surface area (Å²) >= 11 is 5.28. The number of halogens is 1. The third-order valence-electron chi connectivity index (χ3n) is 2.33. The molecule has 0 radical (unpaired) electrons. The number of hydrogen-bond acceptors (Lipinski definition) is 3. The van der Waals surface area contributed by atoms with E-state index in [0.29, 0.717) is 12.8 Å². The van der Waals surface area contributed by atoms with Crippen LogP contribution in [0.3, 0.4) is 0 Å². The first-order chi connectivity index (χ1) is 6.47. The maximum Gasteiger partial charge on any atom is 0.306 e. The second kappa shape index (κ2) is 4.46. The lowest BCUT2D eigenvalue weighted by molar-refractivity contribution is -0.142. The second-order valence-electron chi connectivity index (χ2n) is 3.23. The van der Waals surface area contributed by atoms with Gasteiger partial charge in [-0.25, -0.2) is 12.7 Å². The fraction of sp³-hybridized carbons (Fsp3) is 0.857. The standard InChI is InChI=1S/C7H12ClNO4S/c8-5-14(12,13)9-3-1-6(2-4-9)7(10)11/h6H,1-5H2,(H,10,11). The summed E-state index contributed by atoms with van der Waals surface area (Å²) in [5, 5.41) is 8.25. The van der Waals surface area contributed by atoms with Crippen molar-refractivity contribution in [3.63, 3.8) is 0 Å². The first-order valence-corrected chi connectivity index (χ1v) is 6.38. The highest BCUT2D eigenvalue weighted by atomic mass is 35.5. The van der Waals surface area contributed by atoms with Gasteiger partial charge in [-0.3, -0.25) is 4.79 Å². The number of sulfonamides is 1. The molecule has 5 nitrogen and oxygen atoms in total. The summed E-state index contributed by atoms with van der Waals surface area (Å²) in [5.74, 6) is -1.27. The minimum Gasteiger partial charge on any atom is -0.481 e. The third-order valence-corrected chi connectivity index (χ3v) is 4.59. The Hall–Kier alpha value is -0.330. The van der Waals surface area contributed by atoms with Crippen molar-refractivity contribution in [1.82, 2.24) is 4.31 Å². The van der Waals surface area contributed by atoms with Crippen molar-refractivity contribution in [1.29, 1.82) is 0 Å². The van der Waals surface area contributed by atoms with Crippen LogP contribution in [0, 0.1) is 5.92 Å². The van der Waals surface area contributed by atoms with Crippen molar-refractivity contribution in [2.75, 3.05) is 18.3 Å². The molecule has 7 heteroatoms. The molecule has 1 rings (SSSR count). The van der Waals surface area contributed by atoms with Gasteiger partial charge in [0.1, 0.15) is 5.21 Å². The van der Waals surface area contributed by atoms with Gasteiger partial charge in [0.2, 0.25) is 10.0 Å². The van der Waals surface area contributed by atoms with Crippen LogP contribution in [0.1, 0.15) is 12.8 Å². The van der Waals surface area contributed by atoms with Crippen molar-refractivity contribution in [3.8, 4) is 0 Å². The monoisotopic (exact) mass is 241 g/mol. The van der Waals surface area contributed by atoms with Gasteiger partial charge in [-0.05, 0) is 12.8 Å². The molecule has 0 atom stereocenters. The van der Waals surface area contributed by atoms with Gasteiger partial charge in [-0.2, -0.15) is 0 Å². The third kappa shape index (κ3) is 2.59. The van der Waals surface area contributed by atoms with Crippen LogP contribution in [0.4, 0.5) is 0 Å². The summed E-state index contributed by atoms with van der Waals surface area (Å²) in [5.41, 5.74) is 0. The van der Waals surface area contributed by atoms with E-state index >= 15 is 0 Å². The maximum absolute atomic E-state index is 11.3. The Morgan fingerprint density at radius 2 is 1.93 bits per heavy atom. The van der Waals surface area contributed by atoms with Crippen LogP contribution >= 0.6 is 11.6 Å². The molecule has 0 aliphatic carbocycles. The molecule has 1 aliphatic rings. The van der Waals surface area contributed by atoms with Crippen LogP contribution in [-0.4, -0.2) is 42.1 Å². The lowest BCUT2D eigenvalue weighted by atomic mass is 9.99. The van der Waals surface area contributed by atoms with Gasteiger partial charge in [0.05, 0.1) is 5.92 Å². The Labute approximate surface area is 87.7 Å². The average Bonchev–Trinajstić information content (AvgIpc) is 2.18. The predicted octanol–water partition coefficient (Wildman–Crippen LogP) is 0.309. The first-order valence-electron chi connectivity index (χ1n) is 4.24. The topological polar surface area (TPSA) is 74.7 Å². The SMILES string of the molecule is O=C(O)C1CCN(S(=O)(=O)CCl)CC1. The zero-order valence-electron chi connectivity index (χ0n) is 7.52. The Balaban J connectivity index is 2.56. The highest BCUT2D eigenvalue weighted by molar-refractivity contribution is 7.90. The van der Waals surface area contributed by atoms with Crippen LogP contribution in [0.25, 0.3) is 0 Å². The van der Waals surface area contributed by atoms with E-state index in [-0.39, 0.29) is 13.1 Å². The summed E-state index contributed by atoms with van der Waals surface area (Å²) in [7, 11) is -3.36. The molecule has 1 saturated heterocycles. The summed E-state index contributed by atoms with van der Waals surface area (Å²) in [6, 6.07) is 0. The molecule has 0 unspecified atom stereocenters. The molecule has 0 saturated carbocycles. The van der Waals surface area contributed by atoms with Crippen LogP contribution in [0.5, 0.6) is 0 Å². The Kier molecular flexibility index (Phi) is 3.74. The Morgan fingerprint density at radius 1 is 1.43 bits per heavy atom. The fourth-order valence-corrected chi connectivity index (χ4v) is 2.77. The van der Waals surface area contributed by atoms with Crippen LogP contribution < -0.4 is 0 Å². The normalized spacial score (nSPS) is 20.9. The highest BCUT2D eigenvalue weighted by Crippen LogP contribution is 2.20. The number of aliphatic carboxylic acids is 1. The van der Waals surface area contributed by atoms with Crippen molar-refractivity contribution in [3.05, 3.63) is 0 Å². The molecule has 82 valence electrons. The van der Waals surface area contributed by atoms with E-state index in [2.05, 4.69) is 0 Å². The molecule has 0 aromatic rings. The quantitative estimate of drug-likeness (QED) is 0.722. The van der Waals surface area contributed by atoms with Gasteiger partial charge >= 0.3 is 5.97 Å². The Bertz CT molecular complexity index is 308. The summed E-state index contributed by atoms with van der Waals surface area (Å²) < 4.78 is 23.8. The summed E-state index contributed by atoms with van der Waals surface area (Å²) in [6.07, 6.45) is 0.733. The lowest BCUT2D eigenvalue weighted by Crippen LogP contribution is -2.40. The van der Waals surface area contributed by atoms with E-state index in [9.17, 15) is 13.2 Å². The minimum absolute atomic E-state index is 0.256. The number of carboxylic acid groups (broad SMARTS) is 1. The lowest BCUT2D eigenvalue weighted by Gasteiger charge is -2.28. The van der Waals surface area contributed by atoms with E-state index < -0.39 is 27.1 Å². The molecule has 0 amide bonds. The van der Waals surface area contributed by atoms with Crippen LogP contribution in [0.15, 0.2) is 0 Å². The average molecular weight is 242 g/mol. The maximum atomic E-state index is 11.3. The molecule has 1 aliphatic heterocycles. The van der Waals surface area contributed by atoms with E-state index in [1.54, 1.807) is 0 Å². The molecule has 0 spiro atoms. The van der Waals surface area contributed by atoms with Gasteiger partial charge in [0, 0.05) is 13.1 Å². The molecule has 0 bridgehead atoms. The molecule has 0 aromatic heterocycles. The van der Waals surface area contributed by atoms with E-state index in [4.69, 9.17) is 16.7 Å². The molecule has 1 heterocycles. The second-order valence-corrected chi connectivity index (χ2v) is 5.79. The molecule has 14 heavy (non-hydrogen) atoms. The number of carbonyl (C=O) groups is 1. The first kappa shape index (κ1) is 11.7. The number of piperidine rings is 1. The van der Waals surface area contributed by atoms with Crippen molar-refractivity contribution in [2.45, 2.75) is 12.8 Å². The van der Waals surface area contributed by atoms with Crippen molar-refractivity contribution >= 4 is 27.6 Å². The van der Waals surface area contributed by atoms with Crippen LogP contribution in [0.2, 0.25) is 0 Å². The van der Waals surface area contributed by atoms with Gasteiger partial charge in [0.15, 0.2) is 0 Å². The molecule has 1 fully saturated rings. The van der Waals surface area contributed by atoms with E-state index in [1.165, 1.54) is 4.31 Å². The van der Waals surface area contributed by atoms with Gasteiger partial charge in [0.25, 0.3) is 0 Å². The predicted molar refractivity (Wildman–Crippen MR) is 51.6 cm³/mol. The smallest absolute Gasteiger partial charge is 0.306 e. The number of nitrogens with zero attached hydrogens (tertiary/aromatic N) is 1. The zero-order valence-corrected chi connectivity index (χ0v) is 9.09. The van der Waals surface area contributed by atoms with Crippen molar-refractivity contribution in [2.24, 2.45) is 5.92 Å². The van der Waals surface area contributed by atoms with E-state index in [1.807, 2.05) is 0 Å². The molecule has 1 N–H and O–H groups in total. The molecular formula is C7H12ClNO4S. The van der Waals surface area contributed by atoms with Crippen molar-refractivity contribution < 1.29 is 18.3 Å². The summed E-state index contributed by atoms with van der Waals surface area (Å²) in [4.78, 5) is 10.6. The van der Waals surface area contributed by atoms with E-state index in [0.717, 1.165) is 0 Å². The highest BCUT2D eigenvalue weighted by Gasteiger charge is 2.30. The molecular weight excluding hydrogens is 230 g/mol. The Morgan fingerprint density at radius 3 is 2.29 bits per heavy atom. The number of alkyl halides is 1. The fourth-order valence-electron chi connectivity index (χ4n) is 1.45. The van der Waals surface area contributed by atoms with Gasteiger partial charge < -0.3 is 5.11 Å². The number of hydrogen-bond donors (Lipinski definition) is 1. The number of carboxylic acids is 1. The minimum atomic E-state index is -3.36. The van der Waals surface area contributed by atoms with Gasteiger partial charge in [-0.1, -0.05) is 0 Å². The zero-order chi connectivity index (χ0) is 10.8.